The monoisotopic (exact) mass is 191 g/mol. The van der Waals surface area contributed by atoms with Gasteiger partial charge in [-0.05, 0) is 39.0 Å². The molecule has 1 rings (SSSR count). The van der Waals surface area contributed by atoms with Crippen LogP contribution < -0.4 is 0 Å². The van der Waals surface area contributed by atoms with Gasteiger partial charge in [-0.3, -0.25) is 0 Å². The normalized spacial score (nSPS) is 7.40. The molecule has 0 N–H and O–H groups in total. The molecule has 0 fully saturated rings. The van der Waals surface area contributed by atoms with Crippen molar-refractivity contribution in [2.75, 3.05) is 0 Å². The lowest BCUT2D eigenvalue weighted by molar-refractivity contribution is 1.53. The Morgan fingerprint density at radius 3 is 2.07 bits per heavy atom. The number of rotatable bonds is 0. The summed E-state index contributed by atoms with van der Waals surface area (Å²) in [7, 11) is 0. The topological polar surface area (TPSA) is 0 Å². The van der Waals surface area contributed by atoms with E-state index in [4.69, 9.17) is 0 Å². The molecule has 0 aliphatic rings. The van der Waals surface area contributed by atoms with E-state index in [0.717, 1.165) is 16.7 Å². The first-order valence-corrected chi connectivity index (χ1v) is 4.65. The van der Waals surface area contributed by atoms with E-state index in [-0.39, 0.29) is 0 Å². The summed E-state index contributed by atoms with van der Waals surface area (Å²) in [5.41, 5.74) is 2.69. The Bertz CT molecular complexity index is 529. The molecule has 1 aromatic rings. The molecule has 0 aliphatic heterocycles. The fourth-order valence-corrected chi connectivity index (χ4v) is 1.17. The highest BCUT2D eigenvalue weighted by atomic mass is 14.0. The first-order valence-electron chi connectivity index (χ1n) is 4.65. The zero-order chi connectivity index (χ0) is 11.1. The average molecular weight is 191 g/mol. The minimum Gasteiger partial charge on any atom is -0.101 e. The molecule has 0 aliphatic carbocycles. The Balaban J connectivity index is 3.32. The van der Waals surface area contributed by atoms with E-state index in [1.807, 2.05) is 26.0 Å². The van der Waals surface area contributed by atoms with E-state index in [2.05, 4.69) is 41.6 Å². The van der Waals surface area contributed by atoms with Crippen molar-refractivity contribution in [3.8, 4) is 35.5 Å². The Morgan fingerprint density at radius 1 is 0.867 bits per heavy atom. The van der Waals surface area contributed by atoms with Crippen molar-refractivity contribution in [2.45, 2.75) is 20.8 Å². The molecule has 0 heteroatoms. The molecule has 0 saturated carbocycles. The SMILES string of the molecule is CC#Cc1[c]cc(C#CC)c(C#CC)c1. The average Bonchev–Trinajstić information content (AvgIpc) is 2.23. The molecule has 0 nitrogen and oxygen atoms in total. The van der Waals surface area contributed by atoms with Crippen LogP contribution in [0.1, 0.15) is 37.5 Å². The van der Waals surface area contributed by atoms with Gasteiger partial charge in [-0.2, -0.15) is 0 Å². The molecular formula is C15H11. The number of hydrogen-bond acceptors (Lipinski definition) is 0. The van der Waals surface area contributed by atoms with Gasteiger partial charge in [0, 0.05) is 16.7 Å². The summed E-state index contributed by atoms with van der Waals surface area (Å²) >= 11 is 0. The standard InChI is InChI=1S/C15H11/c1-4-7-13-10-11-14(8-5-2)15(12-13)9-6-3/h11-12H,1-3H3. The molecule has 0 spiro atoms. The van der Waals surface area contributed by atoms with E-state index in [0.29, 0.717) is 0 Å². The molecule has 15 heavy (non-hydrogen) atoms. The molecule has 71 valence electrons. The summed E-state index contributed by atoms with van der Waals surface area (Å²) in [5.74, 6) is 17.5. The molecular weight excluding hydrogens is 180 g/mol. The third kappa shape index (κ3) is 2.95. The maximum absolute atomic E-state index is 3.08. The van der Waals surface area contributed by atoms with Crippen LogP contribution in [-0.2, 0) is 0 Å². The first kappa shape index (κ1) is 11.0. The van der Waals surface area contributed by atoms with Crippen molar-refractivity contribution in [3.05, 3.63) is 34.9 Å². The summed E-state index contributed by atoms with van der Waals surface area (Å²) in [5, 5.41) is 0. The molecule has 0 atom stereocenters. The summed E-state index contributed by atoms with van der Waals surface area (Å²) in [6.45, 7) is 5.42. The van der Waals surface area contributed by atoms with Gasteiger partial charge in [0.05, 0.1) is 0 Å². The fraction of sp³-hybridized carbons (Fsp3) is 0.200. The van der Waals surface area contributed by atoms with Crippen molar-refractivity contribution >= 4 is 0 Å². The molecule has 0 amide bonds. The predicted molar refractivity (Wildman–Crippen MR) is 62.9 cm³/mol. The maximum Gasteiger partial charge on any atom is 0.0414 e. The summed E-state index contributed by atoms with van der Waals surface area (Å²) < 4.78 is 0. The highest BCUT2D eigenvalue weighted by Gasteiger charge is 1.98. The quantitative estimate of drug-likeness (QED) is 0.553. The predicted octanol–water partition coefficient (Wildman–Crippen LogP) is 2.60. The van der Waals surface area contributed by atoms with E-state index in [1.165, 1.54) is 0 Å². The van der Waals surface area contributed by atoms with E-state index in [9.17, 15) is 0 Å². The van der Waals surface area contributed by atoms with Crippen molar-refractivity contribution in [1.29, 1.82) is 0 Å². The van der Waals surface area contributed by atoms with Gasteiger partial charge < -0.3 is 0 Å². The molecule has 0 saturated heterocycles. The minimum absolute atomic E-state index is 0.858. The largest absolute Gasteiger partial charge is 0.101 e. The molecule has 0 heterocycles. The molecule has 0 aromatic heterocycles. The second-order valence-corrected chi connectivity index (χ2v) is 2.80. The Labute approximate surface area is 91.7 Å². The lowest BCUT2D eigenvalue weighted by atomic mass is 10.0. The molecule has 0 bridgehead atoms. The molecule has 0 unspecified atom stereocenters. The van der Waals surface area contributed by atoms with Gasteiger partial charge in [0.1, 0.15) is 0 Å². The van der Waals surface area contributed by atoms with Crippen LogP contribution in [0.15, 0.2) is 12.1 Å². The molecule has 1 radical (unpaired) electrons. The lowest BCUT2D eigenvalue weighted by Gasteiger charge is -1.97. The molecule has 1 aromatic carbocycles. The van der Waals surface area contributed by atoms with Crippen LogP contribution in [0.5, 0.6) is 0 Å². The maximum atomic E-state index is 3.08. The second-order valence-electron chi connectivity index (χ2n) is 2.80. The van der Waals surface area contributed by atoms with Gasteiger partial charge in [0.25, 0.3) is 0 Å². The summed E-state index contributed by atoms with van der Waals surface area (Å²) in [6.07, 6.45) is 0. The van der Waals surface area contributed by atoms with Crippen LogP contribution in [-0.4, -0.2) is 0 Å². The number of hydrogen-bond donors (Lipinski definition) is 0. The van der Waals surface area contributed by atoms with Gasteiger partial charge in [-0.25, -0.2) is 0 Å². The number of benzene rings is 1. The van der Waals surface area contributed by atoms with Crippen LogP contribution in [0.3, 0.4) is 0 Å². The van der Waals surface area contributed by atoms with Gasteiger partial charge in [0.2, 0.25) is 0 Å². The highest BCUT2D eigenvalue weighted by Crippen LogP contribution is 2.09. The summed E-state index contributed by atoms with van der Waals surface area (Å²) in [6, 6.07) is 6.84. The van der Waals surface area contributed by atoms with Crippen molar-refractivity contribution in [2.24, 2.45) is 0 Å². The lowest BCUT2D eigenvalue weighted by Crippen LogP contribution is -1.86. The third-order valence-corrected chi connectivity index (χ3v) is 1.73. The van der Waals surface area contributed by atoms with Crippen LogP contribution in [0.25, 0.3) is 0 Å². The zero-order valence-corrected chi connectivity index (χ0v) is 9.15. The fourth-order valence-electron chi connectivity index (χ4n) is 1.17. The van der Waals surface area contributed by atoms with E-state index >= 15 is 0 Å². The summed E-state index contributed by atoms with van der Waals surface area (Å²) in [4.78, 5) is 0. The van der Waals surface area contributed by atoms with Gasteiger partial charge in [0.15, 0.2) is 0 Å². The van der Waals surface area contributed by atoms with Crippen molar-refractivity contribution < 1.29 is 0 Å². The smallest absolute Gasteiger partial charge is 0.0414 e. The van der Waals surface area contributed by atoms with E-state index < -0.39 is 0 Å². The van der Waals surface area contributed by atoms with Crippen LogP contribution in [0.4, 0.5) is 0 Å². The second kappa shape index (κ2) is 5.59. The van der Waals surface area contributed by atoms with Crippen molar-refractivity contribution in [1.82, 2.24) is 0 Å². The first-order chi connectivity index (χ1) is 7.31. The Morgan fingerprint density at radius 2 is 1.47 bits per heavy atom. The highest BCUT2D eigenvalue weighted by molar-refractivity contribution is 5.53. The van der Waals surface area contributed by atoms with E-state index in [1.54, 1.807) is 6.92 Å². The Hall–Kier alpha value is -2.10. The van der Waals surface area contributed by atoms with Crippen LogP contribution in [0.2, 0.25) is 0 Å². The van der Waals surface area contributed by atoms with Crippen molar-refractivity contribution in [3.63, 3.8) is 0 Å². The Kier molecular flexibility index (Phi) is 4.09. The third-order valence-electron chi connectivity index (χ3n) is 1.73. The van der Waals surface area contributed by atoms with Gasteiger partial charge in [-0.15, -0.1) is 17.8 Å². The zero-order valence-electron chi connectivity index (χ0n) is 9.15. The minimum atomic E-state index is 0.858. The van der Waals surface area contributed by atoms with Gasteiger partial charge >= 0.3 is 0 Å². The van der Waals surface area contributed by atoms with Crippen LogP contribution >= 0.6 is 0 Å². The van der Waals surface area contributed by atoms with Crippen LogP contribution in [0, 0.1) is 41.6 Å². The van der Waals surface area contributed by atoms with Gasteiger partial charge in [-0.1, -0.05) is 17.8 Å².